The smallest absolute Gasteiger partial charge is 0.163 e. The molecule has 7 nitrogen and oxygen atoms in total. The van der Waals surface area contributed by atoms with Crippen LogP contribution in [0, 0.1) is 11.3 Å². The standard InChI is InChI=1S/C18H20N6O/c1-3-25-15-7-5-14(6-8-15)13(2)23-17-16-11-22-24(10-4-9-19)18(16)21-12-20-17/h5-8,11-13H,3-4,10H2,1-2H3,(H,20,21,23)/t13-/m1/s1. The highest BCUT2D eigenvalue weighted by Gasteiger charge is 2.13. The maximum absolute atomic E-state index is 8.74. The highest BCUT2D eigenvalue weighted by atomic mass is 16.5. The number of nitrogens with zero attached hydrogens (tertiary/aromatic N) is 5. The fourth-order valence-electron chi connectivity index (χ4n) is 2.64. The average molecular weight is 336 g/mol. The van der Waals surface area contributed by atoms with E-state index in [0.717, 1.165) is 28.2 Å². The van der Waals surface area contributed by atoms with Crippen LogP contribution in [0.5, 0.6) is 5.75 Å². The molecule has 0 amide bonds. The quantitative estimate of drug-likeness (QED) is 0.712. The Balaban J connectivity index is 1.80. The second-order valence-electron chi connectivity index (χ2n) is 5.60. The lowest BCUT2D eigenvalue weighted by Crippen LogP contribution is -2.09. The molecule has 3 aromatic rings. The molecule has 0 aliphatic heterocycles. The SMILES string of the molecule is CCOc1ccc([C@@H](C)Nc2ncnc3c2cnn3CCC#N)cc1. The zero-order valence-corrected chi connectivity index (χ0v) is 14.3. The summed E-state index contributed by atoms with van der Waals surface area (Å²) < 4.78 is 7.21. The first kappa shape index (κ1) is 16.7. The lowest BCUT2D eigenvalue weighted by atomic mass is 10.1. The summed E-state index contributed by atoms with van der Waals surface area (Å²) in [5, 5.41) is 17.3. The molecule has 0 radical (unpaired) electrons. The molecule has 25 heavy (non-hydrogen) atoms. The van der Waals surface area contributed by atoms with Crippen molar-refractivity contribution in [1.82, 2.24) is 19.7 Å². The van der Waals surface area contributed by atoms with Gasteiger partial charge in [0.25, 0.3) is 0 Å². The maximum atomic E-state index is 8.74. The predicted molar refractivity (Wildman–Crippen MR) is 95.2 cm³/mol. The monoisotopic (exact) mass is 336 g/mol. The van der Waals surface area contributed by atoms with Gasteiger partial charge < -0.3 is 10.1 Å². The lowest BCUT2D eigenvalue weighted by Gasteiger charge is -2.16. The van der Waals surface area contributed by atoms with Crippen molar-refractivity contribution in [3.8, 4) is 11.8 Å². The summed E-state index contributed by atoms with van der Waals surface area (Å²) >= 11 is 0. The Morgan fingerprint density at radius 3 is 2.80 bits per heavy atom. The number of rotatable bonds is 7. The topological polar surface area (TPSA) is 88.7 Å². The van der Waals surface area contributed by atoms with Gasteiger partial charge in [-0.25, -0.2) is 14.6 Å². The first-order valence-corrected chi connectivity index (χ1v) is 8.25. The number of anilines is 1. The molecule has 0 fully saturated rings. The molecule has 128 valence electrons. The highest BCUT2D eigenvalue weighted by Crippen LogP contribution is 2.25. The second-order valence-corrected chi connectivity index (χ2v) is 5.60. The van der Waals surface area contributed by atoms with Crippen molar-refractivity contribution in [1.29, 1.82) is 5.26 Å². The third kappa shape index (κ3) is 3.69. The number of hydrogen-bond acceptors (Lipinski definition) is 6. The Labute approximate surface area is 146 Å². The Kier molecular flexibility index (Phi) is 5.09. The van der Waals surface area contributed by atoms with Crippen LogP contribution >= 0.6 is 0 Å². The molecule has 0 aliphatic carbocycles. The van der Waals surface area contributed by atoms with Crippen molar-refractivity contribution in [3.05, 3.63) is 42.4 Å². The van der Waals surface area contributed by atoms with E-state index in [-0.39, 0.29) is 6.04 Å². The van der Waals surface area contributed by atoms with Crippen LogP contribution in [-0.2, 0) is 6.54 Å². The molecule has 2 aromatic heterocycles. The van der Waals surface area contributed by atoms with Gasteiger partial charge in [-0.2, -0.15) is 10.4 Å². The van der Waals surface area contributed by atoms with Crippen LogP contribution in [0.15, 0.2) is 36.8 Å². The lowest BCUT2D eigenvalue weighted by molar-refractivity contribution is 0.340. The van der Waals surface area contributed by atoms with Crippen LogP contribution < -0.4 is 10.1 Å². The molecular formula is C18H20N6O. The normalized spacial score (nSPS) is 11.9. The molecule has 0 spiro atoms. The van der Waals surface area contributed by atoms with E-state index in [0.29, 0.717) is 19.6 Å². The van der Waals surface area contributed by atoms with E-state index in [2.05, 4.69) is 33.4 Å². The summed E-state index contributed by atoms with van der Waals surface area (Å²) in [4.78, 5) is 8.64. The van der Waals surface area contributed by atoms with E-state index in [1.165, 1.54) is 6.33 Å². The van der Waals surface area contributed by atoms with Gasteiger partial charge in [0, 0.05) is 6.04 Å². The van der Waals surface area contributed by atoms with Crippen molar-refractivity contribution >= 4 is 16.9 Å². The molecule has 0 aliphatic rings. The number of fused-ring (bicyclic) bond motifs is 1. The second kappa shape index (κ2) is 7.62. The van der Waals surface area contributed by atoms with E-state index >= 15 is 0 Å². The summed E-state index contributed by atoms with van der Waals surface area (Å²) in [6, 6.07) is 10.2. The zero-order valence-electron chi connectivity index (χ0n) is 14.3. The van der Waals surface area contributed by atoms with E-state index in [1.807, 2.05) is 31.2 Å². The van der Waals surface area contributed by atoms with Gasteiger partial charge >= 0.3 is 0 Å². The van der Waals surface area contributed by atoms with Crippen LogP contribution in [0.25, 0.3) is 11.0 Å². The summed E-state index contributed by atoms with van der Waals surface area (Å²) in [7, 11) is 0. The minimum atomic E-state index is 0.0660. The largest absolute Gasteiger partial charge is 0.494 e. The number of nitriles is 1. The minimum Gasteiger partial charge on any atom is -0.494 e. The third-order valence-electron chi connectivity index (χ3n) is 3.91. The molecule has 3 rings (SSSR count). The summed E-state index contributed by atoms with van der Waals surface area (Å²) in [6.45, 7) is 5.21. The summed E-state index contributed by atoms with van der Waals surface area (Å²) in [5.74, 6) is 1.59. The van der Waals surface area contributed by atoms with Crippen molar-refractivity contribution in [2.75, 3.05) is 11.9 Å². The summed E-state index contributed by atoms with van der Waals surface area (Å²) in [6.07, 6.45) is 3.65. The Morgan fingerprint density at radius 2 is 2.08 bits per heavy atom. The molecule has 7 heteroatoms. The van der Waals surface area contributed by atoms with Gasteiger partial charge in [0.05, 0.1) is 37.2 Å². The van der Waals surface area contributed by atoms with Gasteiger partial charge in [-0.05, 0) is 31.5 Å². The van der Waals surface area contributed by atoms with Gasteiger partial charge in [0.2, 0.25) is 0 Å². The van der Waals surface area contributed by atoms with Gasteiger partial charge in [0.1, 0.15) is 17.9 Å². The predicted octanol–water partition coefficient (Wildman–Crippen LogP) is 3.31. The van der Waals surface area contributed by atoms with E-state index in [9.17, 15) is 0 Å². The number of benzene rings is 1. The Hall–Kier alpha value is -3.14. The fourth-order valence-corrected chi connectivity index (χ4v) is 2.64. The molecule has 1 atom stereocenters. The van der Waals surface area contributed by atoms with Crippen LogP contribution in [0.1, 0.15) is 31.9 Å². The highest BCUT2D eigenvalue weighted by molar-refractivity contribution is 5.86. The van der Waals surface area contributed by atoms with Gasteiger partial charge in [-0.15, -0.1) is 0 Å². The summed E-state index contributed by atoms with van der Waals surface area (Å²) in [5.41, 5.74) is 1.86. The van der Waals surface area contributed by atoms with Crippen LogP contribution in [0.4, 0.5) is 5.82 Å². The fraction of sp³-hybridized carbons (Fsp3) is 0.333. The van der Waals surface area contributed by atoms with Crippen molar-refractivity contribution < 1.29 is 4.74 Å². The van der Waals surface area contributed by atoms with E-state index < -0.39 is 0 Å². The van der Waals surface area contributed by atoms with Crippen LogP contribution in [0.2, 0.25) is 0 Å². The molecule has 2 heterocycles. The zero-order chi connectivity index (χ0) is 17.6. The molecule has 0 bridgehead atoms. The number of ether oxygens (including phenoxy) is 1. The molecular weight excluding hydrogens is 316 g/mol. The number of aromatic nitrogens is 4. The van der Waals surface area contributed by atoms with E-state index in [1.54, 1.807) is 10.9 Å². The number of nitrogens with one attached hydrogen (secondary N) is 1. The van der Waals surface area contributed by atoms with Crippen molar-refractivity contribution in [3.63, 3.8) is 0 Å². The third-order valence-corrected chi connectivity index (χ3v) is 3.91. The maximum Gasteiger partial charge on any atom is 0.163 e. The molecule has 0 saturated carbocycles. The van der Waals surface area contributed by atoms with Gasteiger partial charge in [-0.1, -0.05) is 12.1 Å². The Bertz CT molecular complexity index is 881. The van der Waals surface area contributed by atoms with Gasteiger partial charge in [0.15, 0.2) is 5.65 Å². The average Bonchev–Trinajstić information content (AvgIpc) is 3.05. The van der Waals surface area contributed by atoms with E-state index in [4.69, 9.17) is 10.00 Å². The molecule has 0 unspecified atom stereocenters. The number of aryl methyl sites for hydroxylation is 1. The first-order valence-electron chi connectivity index (χ1n) is 8.25. The molecule has 1 N–H and O–H groups in total. The van der Waals surface area contributed by atoms with Crippen LogP contribution in [0.3, 0.4) is 0 Å². The first-order chi connectivity index (χ1) is 12.2. The molecule has 1 aromatic carbocycles. The van der Waals surface area contributed by atoms with Crippen molar-refractivity contribution in [2.24, 2.45) is 0 Å². The number of hydrogen-bond donors (Lipinski definition) is 1. The van der Waals surface area contributed by atoms with Crippen molar-refractivity contribution in [2.45, 2.75) is 32.9 Å². The van der Waals surface area contributed by atoms with Gasteiger partial charge in [-0.3, -0.25) is 0 Å². The van der Waals surface area contributed by atoms with Crippen LogP contribution in [-0.4, -0.2) is 26.4 Å². The molecule has 0 saturated heterocycles. The minimum absolute atomic E-state index is 0.0660. The Morgan fingerprint density at radius 1 is 1.28 bits per heavy atom.